The highest BCUT2D eigenvalue weighted by Crippen LogP contribution is 2.26. The lowest BCUT2D eigenvalue weighted by molar-refractivity contribution is 0.00570. The zero-order valence-corrected chi connectivity index (χ0v) is 22.9. The molecule has 0 saturated carbocycles. The van der Waals surface area contributed by atoms with Gasteiger partial charge in [-0.25, -0.2) is 0 Å². The van der Waals surface area contributed by atoms with Crippen LogP contribution in [0.2, 0.25) is 0 Å². The summed E-state index contributed by atoms with van der Waals surface area (Å²) in [6.07, 6.45) is 6.32. The summed E-state index contributed by atoms with van der Waals surface area (Å²) in [6.45, 7) is 17.8. The van der Waals surface area contributed by atoms with Crippen LogP contribution in [0.3, 0.4) is 0 Å². The fourth-order valence-electron chi connectivity index (χ4n) is 3.21. The van der Waals surface area contributed by atoms with Gasteiger partial charge in [-0.2, -0.15) is 0 Å². The lowest BCUT2D eigenvalue weighted by Crippen LogP contribution is -2.25. The number of allylic oxidation sites excluding steroid dienone is 1. The van der Waals surface area contributed by atoms with Crippen LogP contribution in [0.4, 0.5) is 0 Å². The number of benzene rings is 1. The van der Waals surface area contributed by atoms with Gasteiger partial charge in [-0.3, -0.25) is 0 Å². The molecule has 0 aliphatic carbocycles. The largest absolute Gasteiger partial charge is 0.498 e. The number of ether oxygens (including phenoxy) is 6. The zero-order valence-electron chi connectivity index (χ0n) is 22.9. The molecule has 0 amide bonds. The number of hydrogen-bond donors (Lipinski definition) is 0. The Bertz CT molecular complexity index is 658. The average Bonchev–Trinajstić information content (AvgIpc) is 2.86. The van der Waals surface area contributed by atoms with Crippen molar-refractivity contribution in [3.05, 3.63) is 41.7 Å². The van der Waals surface area contributed by atoms with Crippen molar-refractivity contribution in [2.45, 2.75) is 65.7 Å². The molecule has 35 heavy (non-hydrogen) atoms. The van der Waals surface area contributed by atoms with Gasteiger partial charge < -0.3 is 28.4 Å². The molecular weight excluding hydrogens is 444 g/mol. The molecule has 0 aliphatic rings. The van der Waals surface area contributed by atoms with Crippen LogP contribution in [-0.4, -0.2) is 72.7 Å². The van der Waals surface area contributed by atoms with E-state index in [1.54, 1.807) is 0 Å². The molecule has 0 heterocycles. The summed E-state index contributed by atoms with van der Waals surface area (Å²) in [5.41, 5.74) is 3.36. The van der Waals surface area contributed by atoms with Gasteiger partial charge in [-0.15, -0.1) is 0 Å². The molecular formula is C29H50O6. The van der Waals surface area contributed by atoms with E-state index in [1.165, 1.54) is 5.56 Å². The molecule has 0 bridgehead atoms. The predicted octanol–water partition coefficient (Wildman–Crippen LogP) is 6.02. The summed E-state index contributed by atoms with van der Waals surface area (Å²) in [6, 6.07) is 8.57. The molecule has 0 fully saturated rings. The Kier molecular flexibility index (Phi) is 18.7. The SMILES string of the molecule is CCCCOCCOCCO/C=C(\C)c1cccc(C(C)(C)COCCOCCOCCCC)c1. The van der Waals surface area contributed by atoms with Gasteiger partial charge in [0.25, 0.3) is 0 Å². The molecule has 202 valence electrons. The van der Waals surface area contributed by atoms with Crippen LogP contribution in [0, 0.1) is 0 Å². The number of hydrogen-bond acceptors (Lipinski definition) is 6. The van der Waals surface area contributed by atoms with Crippen LogP contribution in [-0.2, 0) is 33.8 Å². The third kappa shape index (κ3) is 16.0. The lowest BCUT2D eigenvalue weighted by atomic mass is 9.84. The molecule has 6 nitrogen and oxygen atoms in total. The monoisotopic (exact) mass is 494 g/mol. The van der Waals surface area contributed by atoms with Crippen LogP contribution in [0.15, 0.2) is 30.5 Å². The zero-order chi connectivity index (χ0) is 25.6. The topological polar surface area (TPSA) is 55.4 Å². The van der Waals surface area contributed by atoms with Crippen molar-refractivity contribution in [3.8, 4) is 0 Å². The molecule has 0 saturated heterocycles. The van der Waals surface area contributed by atoms with Crippen LogP contribution in [0.25, 0.3) is 5.57 Å². The summed E-state index contributed by atoms with van der Waals surface area (Å²) in [5.74, 6) is 0. The van der Waals surface area contributed by atoms with Crippen molar-refractivity contribution in [3.63, 3.8) is 0 Å². The Labute approximate surface area is 214 Å². The summed E-state index contributed by atoms with van der Waals surface area (Å²) >= 11 is 0. The number of unbranched alkanes of at least 4 members (excludes halogenated alkanes) is 2. The maximum atomic E-state index is 5.91. The van der Waals surface area contributed by atoms with Gasteiger partial charge in [-0.1, -0.05) is 64.8 Å². The first-order valence-corrected chi connectivity index (χ1v) is 13.3. The highest BCUT2D eigenvalue weighted by atomic mass is 16.5. The van der Waals surface area contributed by atoms with Gasteiger partial charge >= 0.3 is 0 Å². The third-order valence-electron chi connectivity index (χ3n) is 5.57. The minimum atomic E-state index is -0.104. The van der Waals surface area contributed by atoms with Gasteiger partial charge in [0.05, 0.1) is 59.1 Å². The second-order valence-electron chi connectivity index (χ2n) is 9.35. The highest BCUT2D eigenvalue weighted by Gasteiger charge is 2.21. The van der Waals surface area contributed by atoms with E-state index in [1.807, 2.05) is 6.26 Å². The van der Waals surface area contributed by atoms with Crippen molar-refractivity contribution in [2.24, 2.45) is 0 Å². The molecule has 1 aromatic carbocycles. The molecule has 0 N–H and O–H groups in total. The summed E-state index contributed by atoms with van der Waals surface area (Å²) in [7, 11) is 0. The highest BCUT2D eigenvalue weighted by molar-refractivity contribution is 5.63. The Hall–Kier alpha value is -1.44. The van der Waals surface area contributed by atoms with Gasteiger partial charge in [0.2, 0.25) is 0 Å². The molecule has 0 aromatic heterocycles. The average molecular weight is 495 g/mol. The molecule has 0 radical (unpaired) electrons. The van der Waals surface area contributed by atoms with E-state index in [-0.39, 0.29) is 5.41 Å². The van der Waals surface area contributed by atoms with Gasteiger partial charge in [0, 0.05) is 18.6 Å². The molecule has 0 spiro atoms. The Balaban J connectivity index is 2.28. The fraction of sp³-hybridized carbons (Fsp3) is 0.724. The van der Waals surface area contributed by atoms with Gasteiger partial charge in [-0.05, 0) is 36.5 Å². The van der Waals surface area contributed by atoms with Gasteiger partial charge in [0.1, 0.15) is 6.61 Å². The van der Waals surface area contributed by atoms with E-state index in [4.69, 9.17) is 28.4 Å². The van der Waals surface area contributed by atoms with E-state index >= 15 is 0 Å². The predicted molar refractivity (Wildman–Crippen MR) is 143 cm³/mol. The summed E-state index contributed by atoms with van der Waals surface area (Å²) < 4.78 is 33.7. The first-order chi connectivity index (χ1) is 17.0. The van der Waals surface area contributed by atoms with E-state index in [9.17, 15) is 0 Å². The van der Waals surface area contributed by atoms with Crippen LogP contribution >= 0.6 is 0 Å². The molecule has 1 rings (SSSR count). The van der Waals surface area contributed by atoms with Crippen molar-refractivity contribution in [1.82, 2.24) is 0 Å². The third-order valence-corrected chi connectivity index (χ3v) is 5.57. The Morgan fingerprint density at radius 1 is 0.714 bits per heavy atom. The molecule has 0 atom stereocenters. The molecule has 0 unspecified atom stereocenters. The summed E-state index contributed by atoms with van der Waals surface area (Å²) in [4.78, 5) is 0. The normalized spacial score (nSPS) is 12.3. The van der Waals surface area contributed by atoms with Crippen LogP contribution in [0.1, 0.15) is 71.4 Å². The standard InChI is InChI=1S/C29H50O6/c1-6-8-13-30-15-17-32-19-21-34-24-26(3)27-11-10-12-28(23-27)29(4,5)25-35-22-20-33-18-16-31-14-9-7-2/h10-12,23-24H,6-9,13-22,25H2,1-5H3/b26-24+. The molecule has 0 aliphatic heterocycles. The first-order valence-electron chi connectivity index (χ1n) is 13.3. The van der Waals surface area contributed by atoms with E-state index in [0.717, 1.165) is 50.0 Å². The van der Waals surface area contributed by atoms with Crippen molar-refractivity contribution in [1.29, 1.82) is 0 Å². The van der Waals surface area contributed by atoms with E-state index in [0.29, 0.717) is 59.5 Å². The second-order valence-corrected chi connectivity index (χ2v) is 9.35. The first kappa shape index (κ1) is 31.6. The Morgan fingerprint density at radius 3 is 1.80 bits per heavy atom. The number of rotatable bonds is 23. The molecule has 6 heteroatoms. The lowest BCUT2D eigenvalue weighted by Gasteiger charge is -2.26. The van der Waals surface area contributed by atoms with Crippen molar-refractivity contribution in [2.75, 3.05) is 72.7 Å². The van der Waals surface area contributed by atoms with Crippen LogP contribution in [0.5, 0.6) is 0 Å². The smallest absolute Gasteiger partial charge is 0.111 e. The van der Waals surface area contributed by atoms with Crippen molar-refractivity contribution >= 4 is 5.57 Å². The van der Waals surface area contributed by atoms with Gasteiger partial charge in [0.15, 0.2) is 0 Å². The van der Waals surface area contributed by atoms with E-state index < -0.39 is 0 Å². The van der Waals surface area contributed by atoms with Crippen LogP contribution < -0.4 is 0 Å². The minimum Gasteiger partial charge on any atom is -0.498 e. The van der Waals surface area contributed by atoms with E-state index in [2.05, 4.69) is 58.9 Å². The van der Waals surface area contributed by atoms with Crippen molar-refractivity contribution < 1.29 is 28.4 Å². The molecule has 1 aromatic rings. The fourth-order valence-corrected chi connectivity index (χ4v) is 3.21. The second kappa shape index (κ2) is 20.7. The maximum absolute atomic E-state index is 5.91. The summed E-state index contributed by atoms with van der Waals surface area (Å²) in [5, 5.41) is 0. The quantitative estimate of drug-likeness (QED) is 0.137. The maximum Gasteiger partial charge on any atom is 0.111 e. The Morgan fingerprint density at radius 2 is 1.23 bits per heavy atom. The minimum absolute atomic E-state index is 0.104.